The van der Waals surface area contributed by atoms with E-state index in [2.05, 4.69) is 21.0 Å². The van der Waals surface area contributed by atoms with E-state index in [9.17, 15) is 4.79 Å². The summed E-state index contributed by atoms with van der Waals surface area (Å²) in [4.78, 5) is 16.2. The summed E-state index contributed by atoms with van der Waals surface area (Å²) < 4.78 is 0. The van der Waals surface area contributed by atoms with Gasteiger partial charge in [0, 0.05) is 23.8 Å². The summed E-state index contributed by atoms with van der Waals surface area (Å²) >= 11 is 1.64. The lowest BCUT2D eigenvalue weighted by molar-refractivity contribution is -0.124. The van der Waals surface area contributed by atoms with Crippen LogP contribution in [0.25, 0.3) is 0 Å². The summed E-state index contributed by atoms with van der Waals surface area (Å²) in [5.41, 5.74) is 1.21. The molecule has 94 valence electrons. The van der Waals surface area contributed by atoms with E-state index in [0.29, 0.717) is 19.0 Å². The van der Waals surface area contributed by atoms with Crippen LogP contribution in [-0.2, 0) is 11.3 Å². The molecule has 2 N–H and O–H groups in total. The quantitative estimate of drug-likeness (QED) is 0.807. The first-order valence-corrected chi connectivity index (χ1v) is 6.95. The van der Waals surface area contributed by atoms with Crippen molar-refractivity contribution >= 4 is 17.2 Å². The number of carbonyl (C=O) groups excluding carboxylic acids is 1. The molecular formula is C12H19N3OS. The van der Waals surface area contributed by atoms with Crippen LogP contribution in [0, 0.1) is 5.92 Å². The highest BCUT2D eigenvalue weighted by molar-refractivity contribution is 7.09. The first kappa shape index (κ1) is 12.5. The van der Waals surface area contributed by atoms with Crippen molar-refractivity contribution in [3.63, 3.8) is 0 Å². The highest BCUT2D eigenvalue weighted by Crippen LogP contribution is 2.40. The molecule has 1 aromatic rings. The second-order valence-corrected chi connectivity index (χ2v) is 5.56. The zero-order valence-corrected chi connectivity index (χ0v) is 11.1. The van der Waals surface area contributed by atoms with E-state index in [4.69, 9.17) is 0 Å². The molecule has 0 bridgehead atoms. The number of thiazole rings is 1. The highest BCUT2D eigenvalue weighted by atomic mass is 32.1. The van der Waals surface area contributed by atoms with Crippen LogP contribution < -0.4 is 10.6 Å². The maximum atomic E-state index is 11.7. The molecule has 1 aliphatic rings. The van der Waals surface area contributed by atoms with Crippen molar-refractivity contribution in [2.24, 2.45) is 5.92 Å². The van der Waals surface area contributed by atoms with Crippen LogP contribution in [0.2, 0.25) is 0 Å². The third-order valence-corrected chi connectivity index (χ3v) is 3.80. The zero-order valence-electron chi connectivity index (χ0n) is 10.3. The average molecular weight is 253 g/mol. The maximum Gasteiger partial charge on any atom is 0.224 e. The topological polar surface area (TPSA) is 54.0 Å². The lowest BCUT2D eigenvalue weighted by atomic mass is 10.1. The predicted molar refractivity (Wildman–Crippen MR) is 69.0 cm³/mol. The molecular weight excluding hydrogens is 234 g/mol. The van der Waals surface area contributed by atoms with E-state index in [-0.39, 0.29) is 11.8 Å². The van der Waals surface area contributed by atoms with Crippen molar-refractivity contribution < 1.29 is 4.79 Å². The fourth-order valence-electron chi connectivity index (χ4n) is 1.71. The summed E-state index contributed by atoms with van der Waals surface area (Å²) in [5.74, 6) is 0.782. The largest absolute Gasteiger partial charge is 0.349 e. The van der Waals surface area contributed by atoms with Gasteiger partial charge in [0.05, 0.1) is 12.2 Å². The lowest BCUT2D eigenvalue weighted by Crippen LogP contribution is -2.33. The van der Waals surface area contributed by atoms with Gasteiger partial charge in [-0.2, -0.15) is 0 Å². The molecule has 0 radical (unpaired) electrons. The smallest absolute Gasteiger partial charge is 0.224 e. The second kappa shape index (κ2) is 5.60. The molecule has 1 unspecified atom stereocenters. The lowest BCUT2D eigenvalue weighted by Gasteiger charge is -2.10. The minimum Gasteiger partial charge on any atom is -0.349 e. The Labute approximate surface area is 106 Å². The van der Waals surface area contributed by atoms with E-state index in [0.717, 1.165) is 5.01 Å². The van der Waals surface area contributed by atoms with Crippen molar-refractivity contribution in [1.29, 1.82) is 0 Å². The third kappa shape index (κ3) is 3.51. The second-order valence-electron chi connectivity index (χ2n) is 4.62. The van der Waals surface area contributed by atoms with E-state index >= 15 is 0 Å². The number of rotatable bonds is 6. The van der Waals surface area contributed by atoms with Gasteiger partial charge in [-0.05, 0) is 19.9 Å². The number of nitrogens with zero attached hydrogens (tertiary/aromatic N) is 1. The van der Waals surface area contributed by atoms with Crippen LogP contribution in [0.5, 0.6) is 0 Å². The summed E-state index contributed by atoms with van der Waals surface area (Å²) in [6.07, 6.45) is 2.55. The average Bonchev–Trinajstić information content (AvgIpc) is 3.06. The van der Waals surface area contributed by atoms with Gasteiger partial charge in [0.1, 0.15) is 5.01 Å². The van der Waals surface area contributed by atoms with E-state index < -0.39 is 0 Å². The third-order valence-electron chi connectivity index (χ3n) is 2.94. The summed E-state index contributed by atoms with van der Waals surface area (Å²) in [6, 6.07) is 0. The van der Waals surface area contributed by atoms with Crippen LogP contribution in [0.4, 0.5) is 0 Å². The molecule has 1 aliphatic carbocycles. The molecule has 1 heterocycles. The van der Waals surface area contributed by atoms with Gasteiger partial charge in [-0.15, -0.1) is 11.3 Å². The van der Waals surface area contributed by atoms with Crippen LogP contribution >= 0.6 is 11.3 Å². The Morgan fingerprint density at radius 2 is 2.41 bits per heavy atom. The molecule has 1 saturated carbocycles. The number of hydrogen-bond donors (Lipinski definition) is 2. The predicted octanol–water partition coefficient (Wildman–Crippen LogP) is 1.49. The van der Waals surface area contributed by atoms with Gasteiger partial charge in [-0.25, -0.2) is 4.98 Å². The summed E-state index contributed by atoms with van der Waals surface area (Å²) in [7, 11) is 1.85. The van der Waals surface area contributed by atoms with E-state index in [1.54, 1.807) is 11.3 Å². The Morgan fingerprint density at radius 3 is 3.06 bits per heavy atom. The maximum absolute atomic E-state index is 11.7. The Balaban J connectivity index is 1.78. The van der Waals surface area contributed by atoms with Crippen LogP contribution in [0.1, 0.15) is 36.4 Å². The van der Waals surface area contributed by atoms with Gasteiger partial charge in [0.15, 0.2) is 0 Å². The van der Waals surface area contributed by atoms with Gasteiger partial charge in [-0.1, -0.05) is 6.92 Å². The van der Waals surface area contributed by atoms with Crippen molar-refractivity contribution in [1.82, 2.24) is 15.6 Å². The molecule has 0 aliphatic heterocycles. The minimum absolute atomic E-state index is 0.00265. The molecule has 0 spiro atoms. The first-order chi connectivity index (χ1) is 8.20. The number of hydrogen-bond acceptors (Lipinski definition) is 4. The monoisotopic (exact) mass is 253 g/mol. The molecule has 5 heteroatoms. The standard InChI is InChI=1S/C12H19N3OS/c1-8(5-13-2)12(16)14-6-11-15-10(7-17-11)9-3-4-9/h7-9,13H,3-6H2,1-2H3,(H,14,16). The van der Waals surface area contributed by atoms with Gasteiger partial charge < -0.3 is 10.6 Å². The van der Waals surface area contributed by atoms with Crippen LogP contribution in [0.3, 0.4) is 0 Å². The fourth-order valence-corrected chi connectivity index (χ4v) is 2.52. The zero-order chi connectivity index (χ0) is 12.3. The molecule has 17 heavy (non-hydrogen) atoms. The highest BCUT2D eigenvalue weighted by Gasteiger charge is 2.26. The number of amides is 1. The van der Waals surface area contributed by atoms with E-state index in [1.807, 2.05) is 14.0 Å². The molecule has 1 aromatic heterocycles. The van der Waals surface area contributed by atoms with E-state index in [1.165, 1.54) is 18.5 Å². The molecule has 1 atom stereocenters. The summed E-state index contributed by atoms with van der Waals surface area (Å²) in [5, 5.41) is 9.06. The number of nitrogens with one attached hydrogen (secondary N) is 2. The molecule has 0 saturated heterocycles. The van der Waals surface area contributed by atoms with Crippen LogP contribution in [0.15, 0.2) is 5.38 Å². The van der Waals surface area contributed by atoms with Crippen molar-refractivity contribution in [3.05, 3.63) is 16.1 Å². The van der Waals surface area contributed by atoms with Gasteiger partial charge in [0.25, 0.3) is 0 Å². The Morgan fingerprint density at radius 1 is 1.65 bits per heavy atom. The Kier molecular flexibility index (Phi) is 4.12. The molecule has 1 amide bonds. The van der Waals surface area contributed by atoms with Crippen molar-refractivity contribution in [2.75, 3.05) is 13.6 Å². The Hall–Kier alpha value is -0.940. The van der Waals surface area contributed by atoms with Gasteiger partial charge in [-0.3, -0.25) is 4.79 Å². The SMILES string of the molecule is CNCC(C)C(=O)NCc1nc(C2CC2)cs1. The van der Waals surface area contributed by atoms with Crippen LogP contribution in [-0.4, -0.2) is 24.5 Å². The Bertz CT molecular complexity index is 387. The first-order valence-electron chi connectivity index (χ1n) is 6.07. The minimum atomic E-state index is 0.00265. The number of aromatic nitrogens is 1. The normalized spacial score (nSPS) is 16.8. The summed E-state index contributed by atoms with van der Waals surface area (Å²) in [6.45, 7) is 3.19. The fraction of sp³-hybridized carbons (Fsp3) is 0.667. The molecule has 2 rings (SSSR count). The van der Waals surface area contributed by atoms with Gasteiger partial charge in [0.2, 0.25) is 5.91 Å². The molecule has 0 aromatic carbocycles. The molecule has 4 nitrogen and oxygen atoms in total. The molecule has 1 fully saturated rings. The number of carbonyl (C=O) groups is 1. The van der Waals surface area contributed by atoms with Crippen molar-refractivity contribution in [3.8, 4) is 0 Å². The van der Waals surface area contributed by atoms with Crippen molar-refractivity contribution in [2.45, 2.75) is 32.2 Å². The van der Waals surface area contributed by atoms with Gasteiger partial charge >= 0.3 is 0 Å².